The van der Waals surface area contributed by atoms with Crippen molar-refractivity contribution in [3.63, 3.8) is 0 Å². The normalized spacial score (nSPS) is 24.0. The number of rotatable bonds is 5. The number of piperazine rings is 1. The van der Waals surface area contributed by atoms with Crippen LogP contribution in [0.3, 0.4) is 0 Å². The van der Waals surface area contributed by atoms with Gasteiger partial charge in [0.15, 0.2) is 0 Å². The summed E-state index contributed by atoms with van der Waals surface area (Å²) in [4.78, 5) is 2.68. The van der Waals surface area contributed by atoms with Crippen molar-refractivity contribution in [3.8, 4) is 0 Å². The van der Waals surface area contributed by atoms with E-state index in [-0.39, 0.29) is 0 Å². The highest BCUT2D eigenvalue weighted by atomic mass is 79.9. The Morgan fingerprint density at radius 1 is 1.24 bits per heavy atom. The first-order chi connectivity index (χ1) is 9.97. The number of nitrogens with zero attached hydrogens (tertiary/aromatic N) is 1. The Bertz CT molecular complexity index is 445. The smallest absolute Gasteiger partial charge is 0.0249 e. The predicted octanol–water partition coefficient (Wildman–Crippen LogP) is 4.29. The molecule has 2 atom stereocenters. The van der Waals surface area contributed by atoms with Gasteiger partial charge in [0, 0.05) is 36.2 Å². The van der Waals surface area contributed by atoms with Crippen LogP contribution >= 0.6 is 15.9 Å². The van der Waals surface area contributed by atoms with Gasteiger partial charge in [0.25, 0.3) is 0 Å². The molecule has 1 saturated heterocycles. The zero-order valence-corrected chi connectivity index (χ0v) is 15.4. The van der Waals surface area contributed by atoms with Crippen LogP contribution in [0.4, 0.5) is 0 Å². The number of hydrogen-bond donors (Lipinski definition) is 1. The van der Waals surface area contributed by atoms with Gasteiger partial charge < -0.3 is 5.32 Å². The van der Waals surface area contributed by atoms with Crippen LogP contribution in [0.1, 0.15) is 39.7 Å². The van der Waals surface area contributed by atoms with Crippen LogP contribution < -0.4 is 5.32 Å². The Labute approximate surface area is 138 Å². The molecule has 1 aromatic rings. The predicted molar refractivity (Wildman–Crippen MR) is 94.4 cm³/mol. The van der Waals surface area contributed by atoms with Crippen molar-refractivity contribution in [2.75, 3.05) is 13.1 Å². The summed E-state index contributed by atoms with van der Waals surface area (Å²) in [6, 6.07) is 9.87. The van der Waals surface area contributed by atoms with Gasteiger partial charge in [-0.25, -0.2) is 0 Å². The molecule has 21 heavy (non-hydrogen) atoms. The minimum Gasteiger partial charge on any atom is -0.311 e. The number of hydrogen-bond acceptors (Lipinski definition) is 2. The van der Waals surface area contributed by atoms with E-state index in [0.717, 1.165) is 25.6 Å². The molecule has 0 bridgehead atoms. The molecule has 118 valence electrons. The summed E-state index contributed by atoms with van der Waals surface area (Å²) in [5.41, 5.74) is 1.40. The molecule has 3 heteroatoms. The van der Waals surface area contributed by atoms with Crippen molar-refractivity contribution in [3.05, 3.63) is 34.3 Å². The van der Waals surface area contributed by atoms with E-state index < -0.39 is 0 Å². The summed E-state index contributed by atoms with van der Waals surface area (Å²) >= 11 is 3.70. The fourth-order valence-electron chi connectivity index (χ4n) is 3.14. The molecule has 1 aromatic carbocycles. The first-order valence-corrected chi connectivity index (χ1v) is 8.97. The van der Waals surface area contributed by atoms with Crippen molar-refractivity contribution in [2.45, 2.75) is 52.7 Å². The van der Waals surface area contributed by atoms with Crippen LogP contribution in [0.5, 0.6) is 0 Å². The quantitative estimate of drug-likeness (QED) is 0.849. The largest absolute Gasteiger partial charge is 0.311 e. The summed E-state index contributed by atoms with van der Waals surface area (Å²) in [6.07, 6.45) is 1.27. The Morgan fingerprint density at radius 3 is 2.57 bits per heavy atom. The van der Waals surface area contributed by atoms with Gasteiger partial charge in [-0.1, -0.05) is 61.8 Å². The van der Waals surface area contributed by atoms with Crippen LogP contribution in [-0.2, 0) is 6.54 Å². The van der Waals surface area contributed by atoms with Crippen LogP contribution in [0.2, 0.25) is 0 Å². The molecule has 0 aliphatic carbocycles. The Hall–Kier alpha value is -0.380. The lowest BCUT2D eigenvalue weighted by Crippen LogP contribution is -2.57. The lowest BCUT2D eigenvalue weighted by atomic mass is 9.94. The molecule has 1 heterocycles. The van der Waals surface area contributed by atoms with E-state index in [9.17, 15) is 0 Å². The average molecular weight is 353 g/mol. The minimum absolute atomic E-state index is 0.607. The summed E-state index contributed by atoms with van der Waals surface area (Å²) in [5.74, 6) is 1.43. The van der Waals surface area contributed by atoms with E-state index in [1.165, 1.54) is 16.5 Å². The molecule has 2 nitrogen and oxygen atoms in total. The highest BCUT2D eigenvalue weighted by Crippen LogP contribution is 2.24. The maximum Gasteiger partial charge on any atom is 0.0249 e. The van der Waals surface area contributed by atoms with E-state index in [0.29, 0.717) is 18.0 Å². The second kappa shape index (κ2) is 7.75. The zero-order chi connectivity index (χ0) is 15.4. The van der Waals surface area contributed by atoms with Crippen molar-refractivity contribution in [1.29, 1.82) is 0 Å². The maximum atomic E-state index is 3.75. The van der Waals surface area contributed by atoms with Crippen LogP contribution in [-0.4, -0.2) is 30.1 Å². The third kappa shape index (κ3) is 4.80. The molecule has 0 amide bonds. The van der Waals surface area contributed by atoms with E-state index in [4.69, 9.17) is 0 Å². The molecule has 1 aliphatic heterocycles. The second-order valence-electron chi connectivity index (χ2n) is 7.06. The Morgan fingerprint density at radius 2 is 1.95 bits per heavy atom. The first kappa shape index (κ1) is 17.0. The van der Waals surface area contributed by atoms with Crippen LogP contribution in [0.25, 0.3) is 0 Å². The van der Waals surface area contributed by atoms with Gasteiger partial charge in [-0.05, 0) is 29.9 Å². The highest BCUT2D eigenvalue weighted by Gasteiger charge is 2.29. The Kier molecular flexibility index (Phi) is 6.27. The van der Waals surface area contributed by atoms with Gasteiger partial charge in [0.2, 0.25) is 0 Å². The van der Waals surface area contributed by atoms with Gasteiger partial charge >= 0.3 is 0 Å². The summed E-state index contributed by atoms with van der Waals surface area (Å²) in [7, 11) is 0. The number of halogens is 1. The zero-order valence-electron chi connectivity index (χ0n) is 13.8. The fourth-order valence-corrected chi connectivity index (χ4v) is 3.56. The maximum absolute atomic E-state index is 3.75. The SMILES string of the molecule is CC(C)CC1CNC(C(C)C)CN1Cc1ccccc1Br. The van der Waals surface area contributed by atoms with Gasteiger partial charge in [0.05, 0.1) is 0 Å². The molecule has 0 aromatic heterocycles. The number of benzene rings is 1. The van der Waals surface area contributed by atoms with Crippen LogP contribution in [0, 0.1) is 11.8 Å². The van der Waals surface area contributed by atoms with Crippen molar-refractivity contribution in [1.82, 2.24) is 10.2 Å². The summed E-state index contributed by atoms with van der Waals surface area (Å²) < 4.78 is 1.23. The Balaban J connectivity index is 2.11. The van der Waals surface area contributed by atoms with E-state index >= 15 is 0 Å². The lowest BCUT2D eigenvalue weighted by Gasteiger charge is -2.42. The van der Waals surface area contributed by atoms with Crippen molar-refractivity contribution >= 4 is 15.9 Å². The molecule has 1 N–H and O–H groups in total. The van der Waals surface area contributed by atoms with Crippen molar-refractivity contribution in [2.24, 2.45) is 11.8 Å². The molecule has 0 radical (unpaired) electrons. The molecule has 2 unspecified atom stereocenters. The molecular weight excluding hydrogens is 324 g/mol. The molecular formula is C18H29BrN2. The first-order valence-electron chi connectivity index (χ1n) is 8.18. The lowest BCUT2D eigenvalue weighted by molar-refractivity contribution is 0.0922. The molecule has 2 rings (SSSR count). The van der Waals surface area contributed by atoms with Crippen LogP contribution in [0.15, 0.2) is 28.7 Å². The fraction of sp³-hybridized carbons (Fsp3) is 0.667. The molecule has 0 spiro atoms. The monoisotopic (exact) mass is 352 g/mol. The topological polar surface area (TPSA) is 15.3 Å². The number of nitrogens with one attached hydrogen (secondary N) is 1. The van der Waals surface area contributed by atoms with E-state index in [1.807, 2.05) is 0 Å². The van der Waals surface area contributed by atoms with Gasteiger partial charge in [-0.3, -0.25) is 4.90 Å². The van der Waals surface area contributed by atoms with Crippen molar-refractivity contribution < 1.29 is 0 Å². The van der Waals surface area contributed by atoms with Gasteiger partial charge in [0.1, 0.15) is 0 Å². The second-order valence-corrected chi connectivity index (χ2v) is 7.92. The molecule has 1 aliphatic rings. The van der Waals surface area contributed by atoms with Gasteiger partial charge in [-0.15, -0.1) is 0 Å². The molecule has 1 fully saturated rings. The highest BCUT2D eigenvalue weighted by molar-refractivity contribution is 9.10. The standard InChI is InChI=1S/C18H29BrN2/c1-13(2)9-16-10-20-18(14(3)4)12-21(16)11-15-7-5-6-8-17(15)19/h5-8,13-14,16,18,20H,9-12H2,1-4H3. The van der Waals surface area contributed by atoms with E-state index in [2.05, 4.69) is 78.1 Å². The summed E-state index contributed by atoms with van der Waals surface area (Å²) in [5, 5.41) is 3.75. The summed E-state index contributed by atoms with van der Waals surface area (Å²) in [6.45, 7) is 12.6. The molecule has 0 saturated carbocycles. The third-order valence-electron chi connectivity index (χ3n) is 4.44. The van der Waals surface area contributed by atoms with E-state index in [1.54, 1.807) is 0 Å². The average Bonchev–Trinajstić information content (AvgIpc) is 2.42. The van der Waals surface area contributed by atoms with Gasteiger partial charge in [-0.2, -0.15) is 0 Å². The minimum atomic E-state index is 0.607. The third-order valence-corrected chi connectivity index (χ3v) is 5.22.